The third-order valence-corrected chi connectivity index (χ3v) is 2.84. The summed E-state index contributed by atoms with van der Waals surface area (Å²) in [4.78, 5) is 0. The molecule has 0 aromatic rings. The lowest BCUT2D eigenvalue weighted by Crippen LogP contribution is -2.62. The Kier molecular flexibility index (Phi) is 4.53. The highest BCUT2D eigenvalue weighted by molar-refractivity contribution is 5.00. The van der Waals surface area contributed by atoms with E-state index >= 15 is 0 Å². The van der Waals surface area contributed by atoms with Gasteiger partial charge in [0.05, 0.1) is 19.8 Å². The summed E-state index contributed by atoms with van der Waals surface area (Å²) in [6.07, 6.45) is -6.81. The standard InChI is InChI=1S/C10H11F9O2/c1-6(2-20-3-6)4-21-5-7(11,12)8(13,14)9(15,16)10(17,18)19/h2-5H2,1H3. The maximum absolute atomic E-state index is 13.0. The van der Waals surface area contributed by atoms with Gasteiger partial charge in [0.2, 0.25) is 0 Å². The van der Waals surface area contributed by atoms with E-state index in [0.717, 1.165) is 0 Å². The Morgan fingerprint density at radius 2 is 1.38 bits per heavy atom. The van der Waals surface area contributed by atoms with Crippen LogP contribution in [0.3, 0.4) is 0 Å². The number of rotatable bonds is 6. The van der Waals surface area contributed by atoms with Crippen molar-refractivity contribution in [2.24, 2.45) is 5.41 Å². The summed E-state index contributed by atoms with van der Waals surface area (Å²) in [5.41, 5.74) is -0.752. The predicted molar refractivity (Wildman–Crippen MR) is 50.6 cm³/mol. The lowest BCUT2D eigenvalue weighted by atomic mass is 9.90. The highest BCUT2D eigenvalue weighted by Crippen LogP contribution is 2.53. The smallest absolute Gasteiger partial charge is 0.380 e. The van der Waals surface area contributed by atoms with Gasteiger partial charge in [-0.15, -0.1) is 0 Å². The molecular formula is C10H11F9O2. The fraction of sp³-hybridized carbons (Fsp3) is 1.00. The Hall–Kier alpha value is -0.710. The van der Waals surface area contributed by atoms with E-state index in [4.69, 9.17) is 4.74 Å². The molecule has 1 saturated heterocycles. The summed E-state index contributed by atoms with van der Waals surface area (Å²) in [7, 11) is 0. The minimum Gasteiger partial charge on any atom is -0.380 e. The van der Waals surface area contributed by atoms with E-state index in [1.807, 2.05) is 0 Å². The van der Waals surface area contributed by atoms with Gasteiger partial charge in [0.25, 0.3) is 0 Å². The second-order valence-corrected chi connectivity index (χ2v) is 5.15. The highest BCUT2D eigenvalue weighted by atomic mass is 19.4. The van der Waals surface area contributed by atoms with Gasteiger partial charge in [-0.3, -0.25) is 0 Å². The van der Waals surface area contributed by atoms with Crippen LogP contribution in [0.5, 0.6) is 0 Å². The summed E-state index contributed by atoms with van der Waals surface area (Å²) in [6.45, 7) is -1.16. The molecule has 1 fully saturated rings. The molecule has 0 bridgehead atoms. The average Bonchev–Trinajstić information content (AvgIpc) is 2.24. The summed E-state index contributed by atoms with van der Waals surface area (Å²) in [5.74, 6) is -19.2. The van der Waals surface area contributed by atoms with Gasteiger partial charge < -0.3 is 9.47 Å². The molecule has 1 aliphatic rings. The van der Waals surface area contributed by atoms with Crippen molar-refractivity contribution in [3.8, 4) is 0 Å². The van der Waals surface area contributed by atoms with Crippen molar-refractivity contribution in [2.75, 3.05) is 26.4 Å². The molecule has 0 N–H and O–H groups in total. The number of alkyl halides is 9. The largest absolute Gasteiger partial charge is 0.460 e. The van der Waals surface area contributed by atoms with Crippen LogP contribution in [0.1, 0.15) is 6.92 Å². The van der Waals surface area contributed by atoms with Crippen LogP contribution < -0.4 is 0 Å². The van der Waals surface area contributed by atoms with Gasteiger partial charge >= 0.3 is 23.9 Å². The molecule has 0 radical (unpaired) electrons. The number of halogens is 9. The number of ether oxygens (including phenoxy) is 2. The van der Waals surface area contributed by atoms with Crippen LogP contribution in [0, 0.1) is 5.41 Å². The minimum absolute atomic E-state index is 0.0771. The molecule has 0 spiro atoms. The Morgan fingerprint density at radius 1 is 0.905 bits per heavy atom. The molecule has 21 heavy (non-hydrogen) atoms. The van der Waals surface area contributed by atoms with E-state index in [1.54, 1.807) is 0 Å². The SMILES string of the molecule is CC1(COCC(F)(F)C(F)(F)C(F)(F)C(F)(F)F)COC1. The Labute approximate surface area is 113 Å². The molecule has 1 heterocycles. The molecule has 0 unspecified atom stereocenters. The number of hydrogen-bond donors (Lipinski definition) is 0. The first-order valence-electron chi connectivity index (χ1n) is 5.52. The second-order valence-electron chi connectivity index (χ2n) is 5.15. The van der Waals surface area contributed by atoms with Gasteiger partial charge in [-0.25, -0.2) is 0 Å². The molecule has 1 aliphatic heterocycles. The van der Waals surface area contributed by atoms with Gasteiger partial charge in [-0.1, -0.05) is 6.92 Å². The van der Waals surface area contributed by atoms with Crippen molar-refractivity contribution < 1.29 is 49.0 Å². The van der Waals surface area contributed by atoms with Crippen molar-refractivity contribution in [2.45, 2.75) is 30.9 Å². The van der Waals surface area contributed by atoms with E-state index in [2.05, 4.69) is 4.74 Å². The van der Waals surface area contributed by atoms with Crippen LogP contribution in [0.2, 0.25) is 0 Å². The Balaban J connectivity index is 2.74. The average molecular weight is 334 g/mol. The molecule has 0 aliphatic carbocycles. The first-order chi connectivity index (χ1) is 9.16. The minimum atomic E-state index is -6.88. The quantitative estimate of drug-likeness (QED) is 0.692. The van der Waals surface area contributed by atoms with Gasteiger partial charge in [-0.2, -0.15) is 39.5 Å². The maximum atomic E-state index is 13.0. The van der Waals surface area contributed by atoms with E-state index < -0.39 is 42.6 Å². The fourth-order valence-electron chi connectivity index (χ4n) is 1.46. The van der Waals surface area contributed by atoms with Gasteiger partial charge in [0.1, 0.15) is 6.61 Å². The summed E-state index contributed by atoms with van der Waals surface area (Å²) >= 11 is 0. The predicted octanol–water partition coefficient (Wildman–Crippen LogP) is 3.51. The van der Waals surface area contributed by atoms with Crippen LogP contribution in [0.25, 0.3) is 0 Å². The van der Waals surface area contributed by atoms with Crippen LogP contribution in [0.4, 0.5) is 39.5 Å². The molecule has 0 amide bonds. The van der Waals surface area contributed by atoms with Crippen molar-refractivity contribution in [3.05, 3.63) is 0 Å². The zero-order valence-corrected chi connectivity index (χ0v) is 10.5. The molecule has 0 atom stereocenters. The lowest BCUT2D eigenvalue weighted by Gasteiger charge is -2.38. The monoisotopic (exact) mass is 334 g/mol. The number of hydrogen-bond acceptors (Lipinski definition) is 2. The zero-order valence-electron chi connectivity index (χ0n) is 10.5. The molecule has 0 saturated carbocycles. The molecule has 1 rings (SSSR count). The molecule has 0 aromatic heterocycles. The van der Waals surface area contributed by atoms with E-state index in [0.29, 0.717) is 0 Å². The normalized spacial score (nSPS) is 20.3. The Morgan fingerprint density at radius 3 is 1.71 bits per heavy atom. The van der Waals surface area contributed by atoms with Crippen LogP contribution in [-0.4, -0.2) is 50.4 Å². The molecular weight excluding hydrogens is 323 g/mol. The van der Waals surface area contributed by atoms with E-state index in [9.17, 15) is 39.5 Å². The summed E-state index contributed by atoms with van der Waals surface area (Å²) in [6, 6.07) is 0. The third kappa shape index (κ3) is 3.22. The van der Waals surface area contributed by atoms with Crippen LogP contribution >= 0.6 is 0 Å². The van der Waals surface area contributed by atoms with Gasteiger partial charge in [0.15, 0.2) is 0 Å². The van der Waals surface area contributed by atoms with Gasteiger partial charge in [0, 0.05) is 5.41 Å². The topological polar surface area (TPSA) is 18.5 Å². The highest BCUT2D eigenvalue weighted by Gasteiger charge is 2.81. The van der Waals surface area contributed by atoms with Crippen molar-refractivity contribution >= 4 is 0 Å². The van der Waals surface area contributed by atoms with Crippen LogP contribution in [-0.2, 0) is 9.47 Å². The molecule has 2 nitrogen and oxygen atoms in total. The third-order valence-electron chi connectivity index (χ3n) is 2.84. The fourth-order valence-corrected chi connectivity index (χ4v) is 1.46. The molecule has 0 aromatic carbocycles. The van der Waals surface area contributed by atoms with E-state index in [-0.39, 0.29) is 13.2 Å². The maximum Gasteiger partial charge on any atom is 0.460 e. The van der Waals surface area contributed by atoms with Crippen molar-refractivity contribution in [1.29, 1.82) is 0 Å². The van der Waals surface area contributed by atoms with Crippen LogP contribution in [0.15, 0.2) is 0 Å². The second kappa shape index (κ2) is 5.18. The summed E-state index contributed by atoms with van der Waals surface area (Å²) < 4.78 is 121. The summed E-state index contributed by atoms with van der Waals surface area (Å²) in [5, 5.41) is 0. The lowest BCUT2D eigenvalue weighted by molar-refractivity contribution is -0.400. The molecule has 126 valence electrons. The van der Waals surface area contributed by atoms with Crippen molar-refractivity contribution in [1.82, 2.24) is 0 Å². The van der Waals surface area contributed by atoms with Gasteiger partial charge in [-0.05, 0) is 0 Å². The Bertz CT molecular complexity index is 373. The first-order valence-corrected chi connectivity index (χ1v) is 5.52. The zero-order chi connectivity index (χ0) is 16.7. The van der Waals surface area contributed by atoms with E-state index in [1.165, 1.54) is 6.92 Å². The van der Waals surface area contributed by atoms with Crippen molar-refractivity contribution in [3.63, 3.8) is 0 Å². The first kappa shape index (κ1) is 18.3. The molecule has 11 heteroatoms.